The van der Waals surface area contributed by atoms with Gasteiger partial charge >= 0.3 is 0 Å². The summed E-state index contributed by atoms with van der Waals surface area (Å²) in [5.41, 5.74) is 5.96. The van der Waals surface area contributed by atoms with Crippen LogP contribution in [0.15, 0.2) is 0 Å². The van der Waals surface area contributed by atoms with Gasteiger partial charge < -0.3 is 10.6 Å². The van der Waals surface area contributed by atoms with Gasteiger partial charge in [-0.3, -0.25) is 9.59 Å². The van der Waals surface area contributed by atoms with E-state index in [0.717, 1.165) is 25.7 Å². The molecule has 2 rings (SSSR count). The van der Waals surface area contributed by atoms with Crippen molar-refractivity contribution in [1.29, 1.82) is 0 Å². The largest absolute Gasteiger partial charge is 0.330 e. The van der Waals surface area contributed by atoms with Gasteiger partial charge in [0.1, 0.15) is 0 Å². The molecule has 2 atom stereocenters. The monoisotopic (exact) mass is 196 g/mol. The Balaban J connectivity index is 2.06. The summed E-state index contributed by atoms with van der Waals surface area (Å²) in [6.45, 7) is 0.289. The van der Waals surface area contributed by atoms with Crippen LogP contribution in [-0.4, -0.2) is 35.2 Å². The zero-order valence-corrected chi connectivity index (χ0v) is 8.24. The molecular weight excluding hydrogens is 180 g/mol. The Hall–Kier alpha value is -0.900. The molecule has 0 radical (unpaired) electrons. The van der Waals surface area contributed by atoms with Crippen LogP contribution >= 0.6 is 0 Å². The highest BCUT2D eigenvalue weighted by atomic mass is 16.2. The lowest BCUT2D eigenvalue weighted by molar-refractivity contribution is -0.130. The quantitative estimate of drug-likeness (QED) is 0.603. The predicted molar refractivity (Wildman–Crippen MR) is 51.6 cm³/mol. The predicted octanol–water partition coefficient (Wildman–Crippen LogP) is 0.0577. The molecule has 1 heterocycles. The highest BCUT2D eigenvalue weighted by Gasteiger charge is 2.36. The molecule has 1 saturated heterocycles. The van der Waals surface area contributed by atoms with Crippen molar-refractivity contribution in [3.05, 3.63) is 0 Å². The van der Waals surface area contributed by atoms with Crippen LogP contribution in [0.4, 0.5) is 0 Å². The Bertz CT molecular complexity index is 265. The maximum absolute atomic E-state index is 11.5. The lowest BCUT2D eigenvalue weighted by Gasteiger charge is -2.35. The van der Waals surface area contributed by atoms with E-state index in [2.05, 4.69) is 0 Å². The van der Waals surface area contributed by atoms with E-state index < -0.39 is 0 Å². The molecule has 4 nitrogen and oxygen atoms in total. The molecule has 0 bridgehead atoms. The second kappa shape index (κ2) is 3.69. The second-order valence-corrected chi connectivity index (χ2v) is 4.25. The number of nitrogens with zero attached hydrogens (tertiary/aromatic N) is 1. The first-order chi connectivity index (χ1) is 6.68. The van der Waals surface area contributed by atoms with Crippen molar-refractivity contribution < 1.29 is 9.59 Å². The van der Waals surface area contributed by atoms with Gasteiger partial charge in [0.25, 0.3) is 0 Å². The Morgan fingerprint density at radius 2 is 1.93 bits per heavy atom. The van der Waals surface area contributed by atoms with Crippen LogP contribution in [0.2, 0.25) is 0 Å². The van der Waals surface area contributed by atoms with E-state index in [0.29, 0.717) is 0 Å². The van der Waals surface area contributed by atoms with Crippen LogP contribution in [-0.2, 0) is 9.59 Å². The third-order valence-electron chi connectivity index (χ3n) is 3.20. The van der Waals surface area contributed by atoms with Crippen LogP contribution in [0.1, 0.15) is 32.1 Å². The van der Waals surface area contributed by atoms with Crippen molar-refractivity contribution in [1.82, 2.24) is 4.90 Å². The average Bonchev–Trinajstić information content (AvgIpc) is 2.46. The molecule has 0 unspecified atom stereocenters. The van der Waals surface area contributed by atoms with Gasteiger partial charge in [0.2, 0.25) is 5.91 Å². The molecule has 4 heteroatoms. The molecule has 0 aromatic carbocycles. The molecule has 78 valence electrons. The fraction of sp³-hybridized carbons (Fsp3) is 0.800. The van der Waals surface area contributed by atoms with Gasteiger partial charge in [0, 0.05) is 12.1 Å². The van der Waals surface area contributed by atoms with Crippen molar-refractivity contribution >= 4 is 11.7 Å². The zero-order valence-electron chi connectivity index (χ0n) is 8.24. The van der Waals surface area contributed by atoms with Gasteiger partial charge in [-0.25, -0.2) is 0 Å². The molecular formula is C10H16N2O2. The van der Waals surface area contributed by atoms with E-state index in [-0.39, 0.29) is 36.7 Å². The number of likely N-dealkylation sites (tertiary alicyclic amines) is 1. The minimum atomic E-state index is -0.0302. The van der Waals surface area contributed by atoms with Gasteiger partial charge in [-0.15, -0.1) is 0 Å². The summed E-state index contributed by atoms with van der Waals surface area (Å²) in [7, 11) is 0. The third-order valence-corrected chi connectivity index (χ3v) is 3.20. The summed E-state index contributed by atoms with van der Waals surface area (Å²) in [5.74, 6) is 0.00474. The number of nitrogens with two attached hydrogens (primary N) is 1. The maximum atomic E-state index is 11.5. The van der Waals surface area contributed by atoms with Crippen LogP contribution in [0.25, 0.3) is 0 Å². The van der Waals surface area contributed by atoms with E-state index >= 15 is 0 Å². The van der Waals surface area contributed by atoms with Crippen molar-refractivity contribution in [2.75, 3.05) is 6.54 Å². The summed E-state index contributed by atoms with van der Waals surface area (Å²) in [6, 6.07) is 0.182. The SMILES string of the molecule is N[C@H]1CCCC[C@@H]1N1CC(=O)CC1=O. The Labute approximate surface area is 83.4 Å². The third kappa shape index (κ3) is 1.66. The average molecular weight is 196 g/mol. The Kier molecular flexibility index (Phi) is 2.54. The molecule has 2 aliphatic rings. The van der Waals surface area contributed by atoms with Crippen molar-refractivity contribution in [3.8, 4) is 0 Å². The normalized spacial score (nSPS) is 33.9. The number of hydrogen-bond donors (Lipinski definition) is 1. The van der Waals surface area contributed by atoms with E-state index in [9.17, 15) is 9.59 Å². The molecule has 1 amide bonds. The van der Waals surface area contributed by atoms with E-state index in [4.69, 9.17) is 5.73 Å². The Morgan fingerprint density at radius 1 is 1.21 bits per heavy atom. The molecule has 1 aliphatic carbocycles. The molecule has 1 aliphatic heterocycles. The number of rotatable bonds is 1. The van der Waals surface area contributed by atoms with Gasteiger partial charge in [0.05, 0.1) is 13.0 Å². The van der Waals surface area contributed by atoms with Gasteiger partial charge in [0.15, 0.2) is 5.78 Å². The standard InChI is InChI=1S/C10H16N2O2/c11-8-3-1-2-4-9(8)12-6-7(13)5-10(12)14/h8-9H,1-6,11H2/t8-,9-/m0/s1. The van der Waals surface area contributed by atoms with Gasteiger partial charge in [-0.1, -0.05) is 12.8 Å². The minimum absolute atomic E-state index is 0.0302. The topological polar surface area (TPSA) is 63.4 Å². The fourth-order valence-electron chi connectivity index (χ4n) is 2.43. The summed E-state index contributed by atoms with van der Waals surface area (Å²) in [5, 5.41) is 0. The number of ketones is 1. The lowest BCUT2D eigenvalue weighted by atomic mass is 9.90. The number of carbonyl (C=O) groups is 2. The van der Waals surface area contributed by atoms with Crippen LogP contribution in [0.3, 0.4) is 0 Å². The van der Waals surface area contributed by atoms with E-state index in [1.807, 2.05) is 0 Å². The highest BCUT2D eigenvalue weighted by Crippen LogP contribution is 2.24. The molecule has 0 aromatic heterocycles. The summed E-state index contributed by atoms with van der Waals surface area (Å²) >= 11 is 0. The first-order valence-corrected chi connectivity index (χ1v) is 5.25. The van der Waals surface area contributed by atoms with Crippen LogP contribution in [0.5, 0.6) is 0 Å². The molecule has 1 saturated carbocycles. The molecule has 2 fully saturated rings. The summed E-state index contributed by atoms with van der Waals surface area (Å²) in [6.07, 6.45) is 4.29. The highest BCUT2D eigenvalue weighted by molar-refractivity contribution is 6.05. The summed E-state index contributed by atoms with van der Waals surface area (Å²) < 4.78 is 0. The van der Waals surface area contributed by atoms with Crippen molar-refractivity contribution in [3.63, 3.8) is 0 Å². The first-order valence-electron chi connectivity index (χ1n) is 5.25. The van der Waals surface area contributed by atoms with E-state index in [1.54, 1.807) is 4.90 Å². The number of Topliss-reactive ketones (excluding diaryl/α,β-unsaturated/α-hetero) is 1. The minimum Gasteiger partial charge on any atom is -0.330 e. The number of carbonyl (C=O) groups excluding carboxylic acids is 2. The van der Waals surface area contributed by atoms with Gasteiger partial charge in [-0.2, -0.15) is 0 Å². The Morgan fingerprint density at radius 3 is 2.50 bits per heavy atom. The van der Waals surface area contributed by atoms with Crippen LogP contribution < -0.4 is 5.73 Å². The smallest absolute Gasteiger partial charge is 0.230 e. The number of hydrogen-bond acceptors (Lipinski definition) is 3. The molecule has 14 heavy (non-hydrogen) atoms. The zero-order chi connectivity index (χ0) is 10.1. The van der Waals surface area contributed by atoms with E-state index in [1.165, 1.54) is 0 Å². The van der Waals surface area contributed by atoms with Crippen molar-refractivity contribution in [2.45, 2.75) is 44.2 Å². The first kappa shape index (κ1) is 9.65. The summed E-state index contributed by atoms with van der Waals surface area (Å²) in [4.78, 5) is 24.3. The number of amides is 1. The lowest BCUT2D eigenvalue weighted by Crippen LogP contribution is -2.50. The molecule has 0 spiro atoms. The molecule has 0 aromatic rings. The van der Waals surface area contributed by atoms with Crippen LogP contribution in [0, 0.1) is 0 Å². The maximum Gasteiger partial charge on any atom is 0.230 e. The fourth-order valence-corrected chi connectivity index (χ4v) is 2.43. The van der Waals surface area contributed by atoms with Gasteiger partial charge in [-0.05, 0) is 12.8 Å². The molecule has 2 N–H and O–H groups in total. The second-order valence-electron chi connectivity index (χ2n) is 4.25. The van der Waals surface area contributed by atoms with Crippen molar-refractivity contribution in [2.24, 2.45) is 5.73 Å².